The number of rotatable bonds is 3. The van der Waals surface area contributed by atoms with Crippen LogP contribution in [0.3, 0.4) is 0 Å². The van der Waals surface area contributed by atoms with Crippen LogP contribution in [-0.2, 0) is 11.8 Å². The Morgan fingerprint density at radius 2 is 2.26 bits per heavy atom. The van der Waals surface area contributed by atoms with Gasteiger partial charge in [-0.2, -0.15) is 5.26 Å². The molecule has 1 aliphatic rings. The van der Waals surface area contributed by atoms with E-state index in [1.54, 1.807) is 11.3 Å². The van der Waals surface area contributed by atoms with Crippen molar-refractivity contribution in [1.29, 1.82) is 5.26 Å². The number of nitrogens with zero attached hydrogens (tertiary/aromatic N) is 2. The van der Waals surface area contributed by atoms with E-state index in [1.165, 1.54) is 12.8 Å². The molecule has 1 saturated carbocycles. The van der Waals surface area contributed by atoms with Crippen LogP contribution in [-0.4, -0.2) is 4.98 Å². The van der Waals surface area contributed by atoms with Gasteiger partial charge in [-0.15, -0.1) is 11.3 Å². The summed E-state index contributed by atoms with van der Waals surface area (Å²) < 4.78 is 0. The zero-order valence-electron chi connectivity index (χ0n) is 12.5. The summed E-state index contributed by atoms with van der Waals surface area (Å²) in [5.41, 5.74) is 1.12. The predicted molar refractivity (Wildman–Crippen MR) is 80.2 cm³/mol. The van der Waals surface area contributed by atoms with Crippen molar-refractivity contribution >= 4 is 11.3 Å². The number of thiazole rings is 1. The summed E-state index contributed by atoms with van der Waals surface area (Å²) >= 11 is 1.72. The Labute approximate surface area is 120 Å². The van der Waals surface area contributed by atoms with Crippen molar-refractivity contribution in [2.45, 2.75) is 65.2 Å². The van der Waals surface area contributed by atoms with Crippen LogP contribution < -0.4 is 0 Å². The summed E-state index contributed by atoms with van der Waals surface area (Å²) in [5, 5.41) is 12.9. The Bertz CT molecular complexity index is 478. The maximum absolute atomic E-state index is 9.58. The number of hydrogen-bond acceptors (Lipinski definition) is 3. The van der Waals surface area contributed by atoms with Crippen LogP contribution in [0.15, 0.2) is 5.38 Å². The molecule has 0 spiro atoms. The molecule has 0 N–H and O–H groups in total. The van der Waals surface area contributed by atoms with Gasteiger partial charge in [0.2, 0.25) is 0 Å². The zero-order valence-corrected chi connectivity index (χ0v) is 13.3. The second-order valence-electron chi connectivity index (χ2n) is 6.96. The maximum Gasteiger partial charge on any atom is 0.0944 e. The standard InChI is InChI=1S/C16H24N2S/c1-5-12-6-7-16(8-12,11-17)9-14-18-13(10-19-14)15(2,3)4/h10,12H,5-9H2,1-4H3. The number of hydrogen-bond donors (Lipinski definition) is 0. The van der Waals surface area contributed by atoms with Gasteiger partial charge in [0.05, 0.1) is 22.2 Å². The molecule has 0 radical (unpaired) electrons. The van der Waals surface area contributed by atoms with Crippen LogP contribution in [0.5, 0.6) is 0 Å². The van der Waals surface area contributed by atoms with Crippen molar-refractivity contribution in [3.8, 4) is 6.07 Å². The van der Waals surface area contributed by atoms with Crippen LogP contribution in [0.4, 0.5) is 0 Å². The van der Waals surface area contributed by atoms with E-state index in [1.807, 2.05) is 0 Å². The lowest BCUT2D eigenvalue weighted by Crippen LogP contribution is -2.18. The number of nitriles is 1. The molecule has 19 heavy (non-hydrogen) atoms. The van der Waals surface area contributed by atoms with E-state index in [-0.39, 0.29) is 10.8 Å². The van der Waals surface area contributed by atoms with Gasteiger partial charge in [0.1, 0.15) is 0 Å². The Morgan fingerprint density at radius 1 is 1.53 bits per heavy atom. The van der Waals surface area contributed by atoms with Crippen LogP contribution >= 0.6 is 11.3 Å². The van der Waals surface area contributed by atoms with E-state index >= 15 is 0 Å². The first-order valence-electron chi connectivity index (χ1n) is 7.25. The van der Waals surface area contributed by atoms with Crippen molar-refractivity contribution in [3.63, 3.8) is 0 Å². The highest BCUT2D eigenvalue weighted by molar-refractivity contribution is 7.09. The van der Waals surface area contributed by atoms with E-state index in [0.29, 0.717) is 0 Å². The largest absolute Gasteiger partial charge is 0.246 e. The van der Waals surface area contributed by atoms with Crippen LogP contribution in [0, 0.1) is 22.7 Å². The molecule has 0 saturated heterocycles. The molecule has 2 nitrogen and oxygen atoms in total. The Kier molecular flexibility index (Phi) is 4.01. The van der Waals surface area contributed by atoms with Crippen LogP contribution in [0.1, 0.15) is 64.1 Å². The Morgan fingerprint density at radius 3 is 2.74 bits per heavy atom. The van der Waals surface area contributed by atoms with Gasteiger partial charge < -0.3 is 0 Å². The third kappa shape index (κ3) is 3.17. The van der Waals surface area contributed by atoms with Gasteiger partial charge in [0.15, 0.2) is 0 Å². The minimum absolute atomic E-state index is 0.107. The average Bonchev–Trinajstić information content (AvgIpc) is 2.96. The van der Waals surface area contributed by atoms with E-state index in [4.69, 9.17) is 4.98 Å². The third-order valence-electron chi connectivity index (χ3n) is 4.33. The minimum Gasteiger partial charge on any atom is -0.246 e. The molecule has 0 aromatic carbocycles. The van der Waals surface area contributed by atoms with E-state index < -0.39 is 0 Å². The van der Waals surface area contributed by atoms with Gasteiger partial charge in [0.25, 0.3) is 0 Å². The van der Waals surface area contributed by atoms with Crippen molar-refractivity contribution in [1.82, 2.24) is 4.98 Å². The summed E-state index contributed by atoms with van der Waals surface area (Å²) in [6, 6.07) is 2.60. The highest BCUT2D eigenvalue weighted by atomic mass is 32.1. The smallest absolute Gasteiger partial charge is 0.0944 e. The molecule has 1 aromatic rings. The monoisotopic (exact) mass is 276 g/mol. The molecule has 104 valence electrons. The Balaban J connectivity index is 2.12. The second kappa shape index (κ2) is 5.25. The SMILES string of the molecule is CCC1CCC(C#N)(Cc2nc(C(C)(C)C)cs2)C1. The lowest BCUT2D eigenvalue weighted by molar-refractivity contribution is 0.379. The molecule has 1 fully saturated rings. The molecular weight excluding hydrogens is 252 g/mol. The molecule has 2 atom stereocenters. The zero-order chi connectivity index (χ0) is 14.1. The lowest BCUT2D eigenvalue weighted by Gasteiger charge is -2.19. The third-order valence-corrected chi connectivity index (χ3v) is 5.18. The van der Waals surface area contributed by atoms with Gasteiger partial charge >= 0.3 is 0 Å². The first-order valence-corrected chi connectivity index (χ1v) is 8.13. The van der Waals surface area contributed by atoms with Gasteiger partial charge in [-0.25, -0.2) is 4.98 Å². The van der Waals surface area contributed by atoms with Crippen molar-refractivity contribution in [3.05, 3.63) is 16.1 Å². The first-order chi connectivity index (χ1) is 8.88. The van der Waals surface area contributed by atoms with Crippen molar-refractivity contribution in [2.75, 3.05) is 0 Å². The summed E-state index contributed by atoms with van der Waals surface area (Å²) in [4.78, 5) is 4.76. The molecule has 3 heteroatoms. The summed E-state index contributed by atoms with van der Waals surface area (Å²) in [6.45, 7) is 8.80. The van der Waals surface area contributed by atoms with Crippen molar-refractivity contribution < 1.29 is 0 Å². The molecule has 1 heterocycles. The molecule has 2 rings (SSSR count). The predicted octanol–water partition coefficient (Wildman–Crippen LogP) is 4.70. The maximum atomic E-state index is 9.58. The quantitative estimate of drug-likeness (QED) is 0.802. The number of aromatic nitrogens is 1. The fourth-order valence-corrected chi connectivity index (χ4v) is 4.08. The summed E-state index contributed by atoms with van der Waals surface area (Å²) in [7, 11) is 0. The molecule has 1 aromatic heterocycles. The lowest BCUT2D eigenvalue weighted by atomic mass is 9.83. The molecular formula is C16H24N2S. The van der Waals surface area contributed by atoms with Crippen LogP contribution in [0.2, 0.25) is 0 Å². The van der Waals surface area contributed by atoms with E-state index in [2.05, 4.69) is 39.1 Å². The van der Waals surface area contributed by atoms with Crippen LogP contribution in [0.25, 0.3) is 0 Å². The summed E-state index contributed by atoms with van der Waals surface area (Å²) in [6.07, 6.45) is 5.37. The van der Waals surface area contributed by atoms with Crippen molar-refractivity contribution in [2.24, 2.45) is 11.3 Å². The fraction of sp³-hybridized carbons (Fsp3) is 0.750. The molecule has 1 aliphatic carbocycles. The van der Waals surface area contributed by atoms with E-state index in [9.17, 15) is 5.26 Å². The summed E-state index contributed by atoms with van der Waals surface area (Å²) in [5.74, 6) is 0.738. The fourth-order valence-electron chi connectivity index (χ4n) is 2.91. The molecule has 2 unspecified atom stereocenters. The highest BCUT2D eigenvalue weighted by Crippen LogP contribution is 2.45. The first kappa shape index (κ1) is 14.5. The van der Waals surface area contributed by atoms with Gasteiger partial charge in [-0.1, -0.05) is 34.1 Å². The molecule has 0 bridgehead atoms. The topological polar surface area (TPSA) is 36.7 Å². The minimum atomic E-state index is -0.145. The van der Waals surface area contributed by atoms with Gasteiger partial charge in [-0.3, -0.25) is 0 Å². The molecule has 0 aliphatic heterocycles. The van der Waals surface area contributed by atoms with Gasteiger partial charge in [-0.05, 0) is 25.2 Å². The van der Waals surface area contributed by atoms with E-state index in [0.717, 1.165) is 35.9 Å². The highest BCUT2D eigenvalue weighted by Gasteiger charge is 2.39. The Hall–Kier alpha value is -0.880. The second-order valence-corrected chi connectivity index (χ2v) is 7.91. The average molecular weight is 276 g/mol. The molecule has 0 amide bonds. The van der Waals surface area contributed by atoms with Gasteiger partial charge in [0, 0.05) is 17.2 Å². The normalized spacial score (nSPS) is 27.4.